The summed E-state index contributed by atoms with van der Waals surface area (Å²) in [4.78, 5) is 10.4. The van der Waals surface area contributed by atoms with Crippen molar-refractivity contribution < 1.29 is 9.66 Å². The Morgan fingerprint density at radius 2 is 2.24 bits per heavy atom. The maximum atomic E-state index is 10.8. The summed E-state index contributed by atoms with van der Waals surface area (Å²) in [5.74, 6) is 0.816. The Labute approximate surface area is 107 Å². The quantitative estimate of drug-likeness (QED) is 0.684. The summed E-state index contributed by atoms with van der Waals surface area (Å²) in [7, 11) is 0. The lowest BCUT2D eigenvalue weighted by Crippen LogP contribution is -2.37. The third-order valence-electron chi connectivity index (χ3n) is 2.94. The molecule has 0 heterocycles. The van der Waals surface area contributed by atoms with Crippen LogP contribution in [-0.2, 0) is 0 Å². The van der Waals surface area contributed by atoms with Gasteiger partial charge in [0.05, 0.1) is 11.0 Å². The van der Waals surface area contributed by atoms with Crippen LogP contribution in [0, 0.1) is 16.0 Å². The van der Waals surface area contributed by atoms with Gasteiger partial charge in [0, 0.05) is 16.6 Å². The van der Waals surface area contributed by atoms with Gasteiger partial charge in [0.2, 0.25) is 0 Å². The monoisotopic (exact) mass is 300 g/mol. The number of nitro benzene ring substituents is 1. The van der Waals surface area contributed by atoms with Gasteiger partial charge in [-0.2, -0.15) is 0 Å². The molecule has 1 fully saturated rings. The number of hydrogen-bond acceptors (Lipinski definition) is 4. The molecule has 0 radical (unpaired) electrons. The predicted molar refractivity (Wildman–Crippen MR) is 67.0 cm³/mol. The summed E-state index contributed by atoms with van der Waals surface area (Å²) in [5, 5.41) is 10.8. The molecule has 0 bridgehead atoms. The van der Waals surface area contributed by atoms with Crippen molar-refractivity contribution in [1.82, 2.24) is 0 Å². The zero-order valence-corrected chi connectivity index (χ0v) is 10.7. The lowest BCUT2D eigenvalue weighted by molar-refractivity contribution is -0.386. The van der Waals surface area contributed by atoms with Gasteiger partial charge in [-0.1, -0.05) is 15.9 Å². The first kappa shape index (κ1) is 12.3. The number of ether oxygens (including phenoxy) is 1. The normalized spacial score (nSPS) is 22.9. The van der Waals surface area contributed by atoms with Crippen LogP contribution in [0.15, 0.2) is 22.7 Å². The average molecular weight is 301 g/mol. The van der Waals surface area contributed by atoms with Crippen LogP contribution in [0.25, 0.3) is 0 Å². The maximum Gasteiger partial charge on any atom is 0.311 e. The smallest absolute Gasteiger partial charge is 0.311 e. The van der Waals surface area contributed by atoms with Crippen LogP contribution in [0.5, 0.6) is 5.75 Å². The molecule has 0 saturated heterocycles. The van der Waals surface area contributed by atoms with E-state index in [2.05, 4.69) is 15.9 Å². The number of hydrogen-bond donors (Lipinski definition) is 1. The minimum atomic E-state index is -0.430. The molecule has 0 atom stereocenters. The summed E-state index contributed by atoms with van der Waals surface area (Å²) in [6.45, 7) is 0.653. The van der Waals surface area contributed by atoms with E-state index in [1.165, 1.54) is 6.07 Å². The van der Waals surface area contributed by atoms with E-state index in [4.69, 9.17) is 10.5 Å². The molecule has 1 aromatic rings. The Kier molecular flexibility index (Phi) is 3.63. The summed E-state index contributed by atoms with van der Waals surface area (Å²) in [6.07, 6.45) is 1.80. The average Bonchev–Trinajstić information content (AvgIpc) is 2.22. The van der Waals surface area contributed by atoms with Gasteiger partial charge in [-0.15, -0.1) is 0 Å². The highest BCUT2D eigenvalue weighted by Gasteiger charge is 2.31. The first-order valence-corrected chi connectivity index (χ1v) is 6.20. The van der Waals surface area contributed by atoms with Gasteiger partial charge in [0.25, 0.3) is 0 Å². The summed E-state index contributed by atoms with van der Waals surface area (Å²) >= 11 is 3.28. The maximum absolute atomic E-state index is 10.8. The molecular formula is C11H13BrN2O3. The van der Waals surface area contributed by atoms with Gasteiger partial charge in [0.15, 0.2) is 5.75 Å². The lowest BCUT2D eigenvalue weighted by atomic mass is 9.82. The number of nitro groups is 1. The van der Waals surface area contributed by atoms with Gasteiger partial charge in [0.1, 0.15) is 0 Å². The number of nitrogens with two attached hydrogens (primary N) is 1. The Hall–Kier alpha value is -1.14. The molecule has 2 rings (SSSR count). The van der Waals surface area contributed by atoms with Gasteiger partial charge in [-0.25, -0.2) is 0 Å². The Morgan fingerprint density at radius 1 is 1.53 bits per heavy atom. The van der Waals surface area contributed by atoms with E-state index in [0.29, 0.717) is 18.2 Å². The molecular weight excluding hydrogens is 288 g/mol. The lowest BCUT2D eigenvalue weighted by Gasteiger charge is -2.34. The standard InChI is InChI=1S/C11H13BrN2O3/c12-8-1-2-10(14(15)16)11(5-8)17-9-3-7(4-9)6-13/h1-2,5,7,9H,3-4,6,13H2. The van der Waals surface area contributed by atoms with Crippen molar-refractivity contribution in [2.24, 2.45) is 11.7 Å². The molecule has 6 heteroatoms. The summed E-state index contributed by atoms with van der Waals surface area (Å²) in [5.41, 5.74) is 5.52. The fourth-order valence-electron chi connectivity index (χ4n) is 1.88. The van der Waals surface area contributed by atoms with E-state index in [-0.39, 0.29) is 11.8 Å². The third kappa shape index (κ3) is 2.76. The van der Waals surface area contributed by atoms with E-state index < -0.39 is 4.92 Å². The van der Waals surface area contributed by atoms with Crippen molar-refractivity contribution >= 4 is 21.6 Å². The third-order valence-corrected chi connectivity index (χ3v) is 3.43. The van der Waals surface area contributed by atoms with Crippen molar-refractivity contribution in [3.8, 4) is 5.75 Å². The van der Waals surface area contributed by atoms with E-state index in [1.807, 2.05) is 0 Å². The highest BCUT2D eigenvalue weighted by atomic mass is 79.9. The molecule has 0 spiro atoms. The van der Waals surface area contributed by atoms with Gasteiger partial charge in [-0.3, -0.25) is 10.1 Å². The second-order valence-electron chi connectivity index (χ2n) is 4.18. The van der Waals surface area contributed by atoms with Gasteiger partial charge < -0.3 is 10.5 Å². The Morgan fingerprint density at radius 3 is 2.82 bits per heavy atom. The Balaban J connectivity index is 2.09. The summed E-state index contributed by atoms with van der Waals surface area (Å²) in [6, 6.07) is 4.71. The molecule has 17 heavy (non-hydrogen) atoms. The topological polar surface area (TPSA) is 78.4 Å². The van der Waals surface area contributed by atoms with E-state index in [9.17, 15) is 10.1 Å². The predicted octanol–water partition coefficient (Wildman–Crippen LogP) is 2.47. The van der Waals surface area contributed by atoms with Crippen LogP contribution < -0.4 is 10.5 Å². The van der Waals surface area contributed by atoms with Crippen LogP contribution >= 0.6 is 15.9 Å². The molecule has 1 saturated carbocycles. The molecule has 1 aromatic carbocycles. The van der Waals surface area contributed by atoms with Crippen LogP contribution in [0.2, 0.25) is 0 Å². The highest BCUT2D eigenvalue weighted by Crippen LogP contribution is 2.36. The van der Waals surface area contributed by atoms with Crippen molar-refractivity contribution in [1.29, 1.82) is 0 Å². The number of halogens is 1. The van der Waals surface area contributed by atoms with Crippen molar-refractivity contribution in [2.75, 3.05) is 6.54 Å². The molecule has 1 aliphatic carbocycles. The molecule has 0 aliphatic heterocycles. The molecule has 0 aromatic heterocycles. The highest BCUT2D eigenvalue weighted by molar-refractivity contribution is 9.10. The van der Waals surface area contributed by atoms with Crippen molar-refractivity contribution in [3.05, 3.63) is 32.8 Å². The first-order valence-electron chi connectivity index (χ1n) is 5.41. The molecule has 92 valence electrons. The largest absolute Gasteiger partial charge is 0.483 e. The van der Waals surface area contributed by atoms with Crippen LogP contribution in [0.1, 0.15) is 12.8 Å². The molecule has 2 N–H and O–H groups in total. The number of benzene rings is 1. The molecule has 0 unspecified atom stereocenters. The zero-order valence-electron chi connectivity index (χ0n) is 9.14. The number of rotatable bonds is 4. The second-order valence-corrected chi connectivity index (χ2v) is 5.10. The van der Waals surface area contributed by atoms with E-state index in [0.717, 1.165) is 17.3 Å². The van der Waals surface area contributed by atoms with Gasteiger partial charge >= 0.3 is 5.69 Å². The minimum Gasteiger partial charge on any atom is -0.483 e. The molecule has 1 aliphatic rings. The first-order chi connectivity index (χ1) is 8.10. The minimum absolute atomic E-state index is 0.00407. The van der Waals surface area contributed by atoms with Crippen LogP contribution in [0.4, 0.5) is 5.69 Å². The molecule has 0 amide bonds. The SMILES string of the molecule is NCC1CC(Oc2cc(Br)ccc2[N+](=O)[O-])C1. The summed E-state index contributed by atoms with van der Waals surface area (Å²) < 4.78 is 6.40. The van der Waals surface area contributed by atoms with Crippen LogP contribution in [-0.4, -0.2) is 17.6 Å². The van der Waals surface area contributed by atoms with Crippen LogP contribution in [0.3, 0.4) is 0 Å². The van der Waals surface area contributed by atoms with Crippen molar-refractivity contribution in [2.45, 2.75) is 18.9 Å². The van der Waals surface area contributed by atoms with Gasteiger partial charge in [-0.05, 0) is 31.4 Å². The Bertz CT molecular complexity index is 433. The fraction of sp³-hybridized carbons (Fsp3) is 0.455. The van der Waals surface area contributed by atoms with E-state index >= 15 is 0 Å². The van der Waals surface area contributed by atoms with E-state index in [1.54, 1.807) is 12.1 Å². The second kappa shape index (κ2) is 5.01. The van der Waals surface area contributed by atoms with Crippen molar-refractivity contribution in [3.63, 3.8) is 0 Å². The number of nitrogens with zero attached hydrogens (tertiary/aromatic N) is 1. The molecule has 5 nitrogen and oxygen atoms in total. The zero-order chi connectivity index (χ0) is 12.4. The fourth-order valence-corrected chi connectivity index (χ4v) is 2.22.